The first-order valence-corrected chi connectivity index (χ1v) is 9.41. The van der Waals surface area contributed by atoms with Gasteiger partial charge in [0.25, 0.3) is 5.91 Å². The van der Waals surface area contributed by atoms with Crippen molar-refractivity contribution in [2.75, 3.05) is 5.32 Å². The molecular weight excluding hydrogens is 366 g/mol. The molecule has 2 aromatic carbocycles. The maximum Gasteiger partial charge on any atom is 0.267 e. The van der Waals surface area contributed by atoms with Crippen LogP contribution in [0.5, 0.6) is 0 Å². The van der Waals surface area contributed by atoms with Gasteiger partial charge < -0.3 is 9.88 Å². The number of hydrogen-bond donors (Lipinski definition) is 1. The molecule has 6 heteroatoms. The summed E-state index contributed by atoms with van der Waals surface area (Å²) in [7, 11) is 0. The predicted molar refractivity (Wildman–Crippen MR) is 107 cm³/mol. The first-order valence-electron chi connectivity index (χ1n) is 8.15. The average molecular weight is 382 g/mol. The summed E-state index contributed by atoms with van der Waals surface area (Å²) in [5, 5.41) is 4.77. The molecule has 2 heterocycles. The lowest BCUT2D eigenvalue weighted by molar-refractivity contribution is 0.103. The molecule has 0 bridgehead atoms. The highest BCUT2D eigenvalue weighted by atomic mass is 35.5. The minimum atomic E-state index is -0.126. The van der Waals surface area contributed by atoms with Crippen molar-refractivity contribution >= 4 is 45.4 Å². The molecule has 0 spiro atoms. The van der Waals surface area contributed by atoms with E-state index in [1.54, 1.807) is 5.51 Å². The third kappa shape index (κ3) is 3.23. The monoisotopic (exact) mass is 381 g/mol. The Morgan fingerprint density at radius 3 is 2.69 bits per heavy atom. The average Bonchev–Trinajstić information content (AvgIpc) is 3.22. The number of aryl methyl sites for hydroxylation is 1. The van der Waals surface area contributed by atoms with Crippen molar-refractivity contribution in [3.63, 3.8) is 0 Å². The second-order valence-corrected chi connectivity index (χ2v) is 7.33. The molecule has 0 fully saturated rings. The van der Waals surface area contributed by atoms with E-state index < -0.39 is 0 Å². The molecule has 0 aliphatic carbocycles. The molecule has 4 aromatic rings. The molecule has 4 nitrogen and oxygen atoms in total. The van der Waals surface area contributed by atoms with E-state index in [0.717, 1.165) is 32.9 Å². The van der Waals surface area contributed by atoms with E-state index in [1.807, 2.05) is 55.6 Å². The number of nitrogens with one attached hydrogen (secondary N) is 1. The fraction of sp³-hybridized carbons (Fsp3) is 0.100. The van der Waals surface area contributed by atoms with Crippen LogP contribution in [0.3, 0.4) is 0 Å². The number of thiazole rings is 1. The Kier molecular flexibility index (Phi) is 4.49. The normalized spacial score (nSPS) is 11.0. The molecule has 0 unspecified atom stereocenters. The van der Waals surface area contributed by atoms with Gasteiger partial charge in [-0.15, -0.1) is 11.3 Å². The van der Waals surface area contributed by atoms with Gasteiger partial charge in [0.05, 0.1) is 22.4 Å². The first kappa shape index (κ1) is 16.8. The van der Waals surface area contributed by atoms with E-state index in [9.17, 15) is 4.79 Å². The van der Waals surface area contributed by atoms with Gasteiger partial charge in [0.1, 0.15) is 4.88 Å². The smallest absolute Gasteiger partial charge is 0.267 e. The van der Waals surface area contributed by atoms with E-state index in [1.165, 1.54) is 11.3 Å². The molecule has 1 amide bonds. The van der Waals surface area contributed by atoms with Crippen molar-refractivity contribution in [1.82, 2.24) is 9.55 Å². The standard InChI is InChI=1S/C20H16ClN3OS/c1-13-19(26-12-22-13)20(25)23-17-11-24(18-5-3-2-4-16(17)18)10-14-6-8-15(21)9-7-14/h2-9,11-12H,10H2,1H3,(H,23,25). The zero-order valence-corrected chi connectivity index (χ0v) is 15.6. The van der Waals surface area contributed by atoms with Crippen LogP contribution in [-0.4, -0.2) is 15.5 Å². The summed E-state index contributed by atoms with van der Waals surface area (Å²) in [6.07, 6.45) is 1.98. The number of hydrogen-bond acceptors (Lipinski definition) is 3. The summed E-state index contributed by atoms with van der Waals surface area (Å²) in [5.74, 6) is -0.126. The van der Waals surface area contributed by atoms with Gasteiger partial charge >= 0.3 is 0 Å². The maximum atomic E-state index is 12.6. The summed E-state index contributed by atoms with van der Waals surface area (Å²) in [4.78, 5) is 17.4. The van der Waals surface area contributed by atoms with Crippen LogP contribution in [0.15, 0.2) is 60.2 Å². The van der Waals surface area contributed by atoms with Crippen molar-refractivity contribution in [3.05, 3.63) is 81.4 Å². The number of rotatable bonds is 4. The number of carbonyl (C=O) groups is 1. The number of fused-ring (bicyclic) bond motifs is 1. The lowest BCUT2D eigenvalue weighted by atomic mass is 10.2. The lowest BCUT2D eigenvalue weighted by Gasteiger charge is -2.05. The van der Waals surface area contributed by atoms with E-state index in [-0.39, 0.29) is 5.91 Å². The second-order valence-electron chi connectivity index (χ2n) is 6.04. The van der Waals surface area contributed by atoms with Crippen LogP contribution in [0.1, 0.15) is 20.9 Å². The van der Waals surface area contributed by atoms with Crippen molar-refractivity contribution in [3.8, 4) is 0 Å². The van der Waals surface area contributed by atoms with Crippen molar-refractivity contribution in [2.24, 2.45) is 0 Å². The summed E-state index contributed by atoms with van der Waals surface area (Å²) < 4.78 is 2.13. The van der Waals surface area contributed by atoms with Crippen molar-refractivity contribution in [2.45, 2.75) is 13.5 Å². The van der Waals surface area contributed by atoms with Crippen molar-refractivity contribution in [1.29, 1.82) is 0 Å². The largest absolute Gasteiger partial charge is 0.341 e. The van der Waals surface area contributed by atoms with Gasteiger partial charge in [0.2, 0.25) is 0 Å². The zero-order chi connectivity index (χ0) is 18.1. The minimum Gasteiger partial charge on any atom is -0.341 e. The predicted octanol–water partition coefficient (Wildman–Crippen LogP) is 5.36. The topological polar surface area (TPSA) is 46.9 Å². The lowest BCUT2D eigenvalue weighted by Crippen LogP contribution is -2.11. The van der Waals surface area contributed by atoms with Gasteiger partial charge in [0.15, 0.2) is 0 Å². The number of benzene rings is 2. The molecule has 0 aliphatic rings. The van der Waals surface area contributed by atoms with Gasteiger partial charge in [-0.1, -0.05) is 41.9 Å². The summed E-state index contributed by atoms with van der Waals surface area (Å²) in [5.41, 5.74) is 5.45. The molecule has 0 atom stereocenters. The SMILES string of the molecule is Cc1ncsc1C(=O)Nc1cn(Cc2ccc(Cl)cc2)c2ccccc12. The number of anilines is 1. The Balaban J connectivity index is 1.68. The van der Waals surface area contributed by atoms with Crippen LogP contribution in [0, 0.1) is 6.92 Å². The van der Waals surface area contributed by atoms with Gasteiger partial charge in [-0.25, -0.2) is 4.98 Å². The maximum absolute atomic E-state index is 12.6. The Morgan fingerprint density at radius 2 is 1.96 bits per heavy atom. The highest BCUT2D eigenvalue weighted by Crippen LogP contribution is 2.28. The van der Waals surface area contributed by atoms with Crippen LogP contribution >= 0.6 is 22.9 Å². The number of halogens is 1. The van der Waals surface area contributed by atoms with E-state index >= 15 is 0 Å². The number of carbonyl (C=O) groups excluding carboxylic acids is 1. The van der Waals surface area contributed by atoms with Crippen LogP contribution in [-0.2, 0) is 6.54 Å². The van der Waals surface area contributed by atoms with Crippen molar-refractivity contribution < 1.29 is 4.79 Å². The number of aromatic nitrogens is 2. The van der Waals surface area contributed by atoms with Gasteiger partial charge in [-0.05, 0) is 30.7 Å². The highest BCUT2D eigenvalue weighted by molar-refractivity contribution is 7.12. The molecule has 0 aliphatic heterocycles. The molecule has 2 aromatic heterocycles. The molecule has 1 N–H and O–H groups in total. The zero-order valence-electron chi connectivity index (χ0n) is 14.1. The van der Waals surface area contributed by atoms with Gasteiger partial charge in [-0.3, -0.25) is 4.79 Å². The van der Waals surface area contributed by atoms with Crippen LogP contribution in [0.4, 0.5) is 5.69 Å². The van der Waals surface area contributed by atoms with E-state index in [0.29, 0.717) is 11.4 Å². The number of para-hydroxylation sites is 1. The molecule has 0 saturated carbocycles. The Bertz CT molecular complexity index is 1080. The third-order valence-corrected chi connectivity index (χ3v) is 5.43. The fourth-order valence-corrected chi connectivity index (χ4v) is 3.79. The molecular formula is C20H16ClN3OS. The van der Waals surface area contributed by atoms with Crippen LogP contribution < -0.4 is 5.32 Å². The molecule has 130 valence electrons. The quantitative estimate of drug-likeness (QED) is 0.517. The number of nitrogens with zero attached hydrogens (tertiary/aromatic N) is 2. The van der Waals surface area contributed by atoms with Gasteiger partial charge in [0, 0.05) is 23.2 Å². The number of amides is 1. The Labute approximate surface area is 160 Å². The summed E-state index contributed by atoms with van der Waals surface area (Å²) >= 11 is 7.32. The fourth-order valence-electron chi connectivity index (χ4n) is 2.96. The second kappa shape index (κ2) is 6.94. The Morgan fingerprint density at radius 1 is 1.19 bits per heavy atom. The van der Waals surface area contributed by atoms with E-state index in [4.69, 9.17) is 11.6 Å². The van der Waals surface area contributed by atoms with Crippen LogP contribution in [0.25, 0.3) is 10.9 Å². The van der Waals surface area contributed by atoms with Crippen LogP contribution in [0.2, 0.25) is 5.02 Å². The minimum absolute atomic E-state index is 0.126. The molecule has 26 heavy (non-hydrogen) atoms. The Hall–Kier alpha value is -2.63. The highest BCUT2D eigenvalue weighted by Gasteiger charge is 2.15. The molecule has 4 rings (SSSR count). The van der Waals surface area contributed by atoms with Gasteiger partial charge in [-0.2, -0.15) is 0 Å². The molecule has 0 radical (unpaired) electrons. The first-order chi connectivity index (χ1) is 12.6. The third-order valence-electron chi connectivity index (χ3n) is 4.25. The summed E-state index contributed by atoms with van der Waals surface area (Å²) in [6, 6.07) is 15.8. The molecule has 0 saturated heterocycles. The van der Waals surface area contributed by atoms with E-state index in [2.05, 4.69) is 20.9 Å². The summed E-state index contributed by atoms with van der Waals surface area (Å²) in [6.45, 7) is 2.54.